The van der Waals surface area contributed by atoms with Crippen LogP contribution in [0.2, 0.25) is 0 Å². The second kappa shape index (κ2) is 6.78. The van der Waals surface area contributed by atoms with E-state index < -0.39 is 30.5 Å². The molecule has 1 atom stereocenters. The molecule has 0 bridgehead atoms. The number of rotatable bonds is 6. The van der Waals surface area contributed by atoms with Gasteiger partial charge in [0.25, 0.3) is 0 Å². The summed E-state index contributed by atoms with van der Waals surface area (Å²) in [4.78, 5) is 0. The number of hydrogen-bond acceptors (Lipinski definition) is 3. The van der Waals surface area contributed by atoms with E-state index in [0.717, 1.165) is 18.2 Å². The van der Waals surface area contributed by atoms with Gasteiger partial charge in [-0.3, -0.25) is 11.3 Å². The molecule has 0 spiro atoms. The Hall–Kier alpha value is -1.25. The van der Waals surface area contributed by atoms with Crippen LogP contribution in [-0.4, -0.2) is 25.4 Å². The quantitative estimate of drug-likeness (QED) is 0.476. The Labute approximate surface area is 106 Å². The first-order valence-corrected chi connectivity index (χ1v) is 5.36. The predicted molar refractivity (Wildman–Crippen MR) is 58.0 cm³/mol. The van der Waals surface area contributed by atoms with E-state index in [1.54, 1.807) is 0 Å². The molecule has 19 heavy (non-hydrogen) atoms. The lowest BCUT2D eigenvalue weighted by atomic mass is 10.1. The minimum atomic E-state index is -4.44. The van der Waals surface area contributed by atoms with Crippen molar-refractivity contribution in [1.82, 2.24) is 5.43 Å². The molecule has 1 aromatic rings. The number of benzene rings is 1. The average molecular weight is 284 g/mol. The Morgan fingerprint density at radius 3 is 2.53 bits per heavy atom. The van der Waals surface area contributed by atoms with Gasteiger partial charge in [0.2, 0.25) is 0 Å². The summed E-state index contributed by atoms with van der Waals surface area (Å²) in [6, 6.07) is 2.10. The van der Waals surface area contributed by atoms with Crippen LogP contribution in [0.1, 0.15) is 5.56 Å². The number of ether oxygens (including phenoxy) is 1. The average Bonchev–Trinajstić information content (AvgIpc) is 2.30. The van der Waals surface area contributed by atoms with Gasteiger partial charge in [0.05, 0.1) is 6.61 Å². The summed E-state index contributed by atoms with van der Waals surface area (Å²) in [5.41, 5.74) is 2.21. The van der Waals surface area contributed by atoms with Crippen LogP contribution in [0.15, 0.2) is 18.2 Å². The zero-order chi connectivity index (χ0) is 14.5. The molecule has 0 saturated carbocycles. The number of nitrogens with one attached hydrogen (secondary N) is 1. The van der Waals surface area contributed by atoms with Gasteiger partial charge in [0, 0.05) is 6.04 Å². The normalized spacial score (nSPS) is 13.6. The second-order valence-electron chi connectivity index (χ2n) is 3.93. The van der Waals surface area contributed by atoms with E-state index >= 15 is 0 Å². The van der Waals surface area contributed by atoms with E-state index in [9.17, 15) is 22.0 Å². The van der Waals surface area contributed by atoms with Crippen LogP contribution in [0, 0.1) is 11.6 Å². The summed E-state index contributed by atoms with van der Waals surface area (Å²) >= 11 is 0. The minimum absolute atomic E-state index is 0.0126. The van der Waals surface area contributed by atoms with E-state index in [4.69, 9.17) is 5.84 Å². The summed E-state index contributed by atoms with van der Waals surface area (Å²) in [6.45, 7) is -1.79. The SMILES string of the molecule is NNC(COCC(F)(F)F)Cc1cc(F)ccc1F. The summed E-state index contributed by atoms with van der Waals surface area (Å²) in [5.74, 6) is 3.84. The zero-order valence-corrected chi connectivity index (χ0v) is 9.81. The first kappa shape index (κ1) is 15.8. The van der Waals surface area contributed by atoms with Crippen molar-refractivity contribution in [3.8, 4) is 0 Å². The van der Waals surface area contributed by atoms with Crippen molar-refractivity contribution in [3.05, 3.63) is 35.4 Å². The van der Waals surface area contributed by atoms with E-state index in [1.807, 2.05) is 0 Å². The van der Waals surface area contributed by atoms with Crippen molar-refractivity contribution in [3.63, 3.8) is 0 Å². The third-order valence-corrected chi connectivity index (χ3v) is 2.29. The Morgan fingerprint density at radius 1 is 1.26 bits per heavy atom. The lowest BCUT2D eigenvalue weighted by Crippen LogP contribution is -2.41. The number of alkyl halides is 3. The monoisotopic (exact) mass is 284 g/mol. The fourth-order valence-electron chi connectivity index (χ4n) is 1.45. The highest BCUT2D eigenvalue weighted by Crippen LogP contribution is 2.15. The molecule has 0 radical (unpaired) electrons. The molecule has 3 N–H and O–H groups in total. The maximum atomic E-state index is 13.3. The third-order valence-electron chi connectivity index (χ3n) is 2.29. The highest BCUT2D eigenvalue weighted by atomic mass is 19.4. The molecule has 0 aliphatic carbocycles. The molecule has 0 amide bonds. The van der Waals surface area contributed by atoms with Gasteiger partial charge in [0.15, 0.2) is 0 Å². The lowest BCUT2D eigenvalue weighted by Gasteiger charge is -2.17. The maximum Gasteiger partial charge on any atom is 0.411 e. The first-order valence-electron chi connectivity index (χ1n) is 5.36. The summed E-state index contributed by atoms with van der Waals surface area (Å²) in [5, 5.41) is 0. The Balaban J connectivity index is 2.54. The Morgan fingerprint density at radius 2 is 1.95 bits per heavy atom. The number of hydrogen-bond donors (Lipinski definition) is 2. The smallest absolute Gasteiger partial charge is 0.370 e. The fraction of sp³-hybridized carbons (Fsp3) is 0.455. The van der Waals surface area contributed by atoms with Crippen molar-refractivity contribution in [1.29, 1.82) is 0 Å². The molecule has 0 saturated heterocycles. The van der Waals surface area contributed by atoms with Gasteiger partial charge in [-0.25, -0.2) is 8.78 Å². The molecule has 3 nitrogen and oxygen atoms in total. The second-order valence-corrected chi connectivity index (χ2v) is 3.93. The van der Waals surface area contributed by atoms with Gasteiger partial charge < -0.3 is 4.74 Å². The van der Waals surface area contributed by atoms with E-state index in [2.05, 4.69) is 10.2 Å². The third kappa shape index (κ3) is 5.95. The fourth-order valence-corrected chi connectivity index (χ4v) is 1.45. The molecule has 0 fully saturated rings. The van der Waals surface area contributed by atoms with E-state index in [-0.39, 0.29) is 18.6 Å². The number of halogens is 5. The van der Waals surface area contributed by atoms with E-state index in [0.29, 0.717) is 0 Å². The molecule has 8 heteroatoms. The molecule has 0 aliphatic heterocycles. The van der Waals surface area contributed by atoms with E-state index in [1.165, 1.54) is 0 Å². The van der Waals surface area contributed by atoms with Crippen molar-refractivity contribution >= 4 is 0 Å². The largest absolute Gasteiger partial charge is 0.411 e. The van der Waals surface area contributed by atoms with Gasteiger partial charge in [0.1, 0.15) is 18.2 Å². The molecule has 0 aromatic heterocycles. The van der Waals surface area contributed by atoms with Gasteiger partial charge in [-0.1, -0.05) is 0 Å². The zero-order valence-electron chi connectivity index (χ0n) is 9.81. The van der Waals surface area contributed by atoms with Crippen LogP contribution in [0.5, 0.6) is 0 Å². The van der Waals surface area contributed by atoms with Gasteiger partial charge in [-0.15, -0.1) is 0 Å². The molecule has 0 aliphatic rings. The minimum Gasteiger partial charge on any atom is -0.370 e. The highest BCUT2D eigenvalue weighted by molar-refractivity contribution is 5.19. The topological polar surface area (TPSA) is 47.3 Å². The first-order chi connectivity index (χ1) is 8.81. The lowest BCUT2D eigenvalue weighted by molar-refractivity contribution is -0.175. The van der Waals surface area contributed by atoms with Crippen LogP contribution < -0.4 is 11.3 Å². The Bertz CT molecular complexity index is 411. The Kier molecular flexibility index (Phi) is 5.64. The van der Waals surface area contributed by atoms with Gasteiger partial charge in [-0.2, -0.15) is 13.2 Å². The summed E-state index contributed by atoms with van der Waals surface area (Å²) in [6.07, 6.45) is -4.53. The van der Waals surface area contributed by atoms with Crippen molar-refractivity contribution in [2.24, 2.45) is 5.84 Å². The predicted octanol–water partition coefficient (Wildman–Crippen LogP) is 1.92. The molecule has 1 aromatic carbocycles. The highest BCUT2D eigenvalue weighted by Gasteiger charge is 2.28. The molecule has 1 unspecified atom stereocenters. The number of nitrogens with two attached hydrogens (primary N) is 1. The van der Waals surface area contributed by atoms with Crippen molar-refractivity contribution in [2.45, 2.75) is 18.6 Å². The summed E-state index contributed by atoms with van der Waals surface area (Å²) in [7, 11) is 0. The molecule has 1 rings (SSSR count). The van der Waals surface area contributed by atoms with Gasteiger partial charge >= 0.3 is 6.18 Å². The van der Waals surface area contributed by atoms with Crippen LogP contribution in [0.3, 0.4) is 0 Å². The van der Waals surface area contributed by atoms with Crippen LogP contribution >= 0.6 is 0 Å². The standard InChI is InChI=1S/C11H13F5N2O/c12-8-1-2-10(13)7(3-8)4-9(18-17)5-19-6-11(14,15)16/h1-3,9,18H,4-6,17H2. The van der Waals surface area contributed by atoms with Crippen LogP contribution in [-0.2, 0) is 11.2 Å². The van der Waals surface area contributed by atoms with Crippen LogP contribution in [0.4, 0.5) is 22.0 Å². The number of hydrazine groups is 1. The van der Waals surface area contributed by atoms with Crippen LogP contribution in [0.25, 0.3) is 0 Å². The molecule has 108 valence electrons. The molecule has 0 heterocycles. The maximum absolute atomic E-state index is 13.3. The van der Waals surface area contributed by atoms with Crippen molar-refractivity contribution < 1.29 is 26.7 Å². The molecular formula is C11H13F5N2O. The van der Waals surface area contributed by atoms with Gasteiger partial charge in [-0.05, 0) is 30.2 Å². The summed E-state index contributed by atoms with van der Waals surface area (Å²) < 4.78 is 66.2. The molecular weight excluding hydrogens is 271 g/mol. The van der Waals surface area contributed by atoms with Crippen molar-refractivity contribution in [2.75, 3.05) is 13.2 Å².